The zero-order valence-electron chi connectivity index (χ0n) is 16.9. The third-order valence-corrected chi connectivity index (χ3v) is 7.44. The Hall–Kier alpha value is -3.69. The van der Waals surface area contributed by atoms with Gasteiger partial charge >= 0.3 is 6.16 Å². The molecule has 0 saturated heterocycles. The van der Waals surface area contributed by atoms with E-state index in [2.05, 4.69) is 0 Å². The zero-order valence-corrected chi connectivity index (χ0v) is 18.5. The Balaban J connectivity index is 1.78. The first-order valence-corrected chi connectivity index (χ1v) is 11.6. The normalized spacial score (nSPS) is 15.8. The Morgan fingerprint density at radius 3 is 2.55 bits per heavy atom. The van der Waals surface area contributed by atoms with Gasteiger partial charge in [0.05, 0.1) is 17.0 Å². The van der Waals surface area contributed by atoms with E-state index in [-0.39, 0.29) is 29.7 Å². The van der Waals surface area contributed by atoms with Gasteiger partial charge in [-0.25, -0.2) is 17.5 Å². The molecule has 0 atom stereocenters. The van der Waals surface area contributed by atoms with Crippen LogP contribution < -0.4 is 9.47 Å². The number of rotatable bonds is 4. The van der Waals surface area contributed by atoms with Crippen LogP contribution in [0.1, 0.15) is 16.7 Å². The molecule has 0 aliphatic carbocycles. The molecule has 0 saturated carbocycles. The standard InChI is InChI=1S/C23H16ClNO7S/c24-17-7-3-1-5-15(17)12-25-22(32-23(26)27)21(14-9-10-18-19(11-14)31-13-30-18)16-6-2-4-8-20(16)33(25,28)29/h1-11H,12-13H2,(H,26,27). The van der Waals surface area contributed by atoms with Gasteiger partial charge in [-0.1, -0.05) is 54.1 Å². The lowest BCUT2D eigenvalue weighted by Gasteiger charge is -2.33. The number of hydrogen-bond acceptors (Lipinski definition) is 6. The molecule has 0 aromatic heterocycles. The van der Waals surface area contributed by atoms with Crippen molar-refractivity contribution >= 4 is 33.4 Å². The molecule has 10 heteroatoms. The minimum absolute atomic E-state index is 0.0162. The molecule has 0 amide bonds. The van der Waals surface area contributed by atoms with Crippen molar-refractivity contribution in [2.24, 2.45) is 0 Å². The lowest BCUT2D eigenvalue weighted by Crippen LogP contribution is -2.36. The molecule has 2 aliphatic rings. The molecular formula is C23H16ClNO7S. The number of sulfonamides is 1. The summed E-state index contributed by atoms with van der Waals surface area (Å²) >= 11 is 6.28. The summed E-state index contributed by atoms with van der Waals surface area (Å²) in [7, 11) is -4.17. The molecule has 0 unspecified atom stereocenters. The highest BCUT2D eigenvalue weighted by atomic mass is 35.5. The summed E-state index contributed by atoms with van der Waals surface area (Å²) in [4.78, 5) is 11.7. The summed E-state index contributed by atoms with van der Waals surface area (Å²) in [5.74, 6) is 0.642. The highest BCUT2D eigenvalue weighted by Gasteiger charge is 2.40. The van der Waals surface area contributed by atoms with E-state index in [1.807, 2.05) is 0 Å². The van der Waals surface area contributed by atoms with Crippen LogP contribution in [0.5, 0.6) is 11.5 Å². The maximum atomic E-state index is 13.6. The Labute approximate surface area is 194 Å². The van der Waals surface area contributed by atoms with Crippen LogP contribution in [0, 0.1) is 0 Å². The zero-order chi connectivity index (χ0) is 23.2. The molecule has 33 heavy (non-hydrogen) atoms. The molecular weight excluding hydrogens is 470 g/mol. The van der Waals surface area contributed by atoms with Crippen LogP contribution in [0.4, 0.5) is 4.79 Å². The van der Waals surface area contributed by atoms with E-state index >= 15 is 0 Å². The van der Waals surface area contributed by atoms with Crippen molar-refractivity contribution in [3.63, 3.8) is 0 Å². The number of carboxylic acid groups (broad SMARTS) is 1. The fourth-order valence-electron chi connectivity index (χ4n) is 3.82. The number of benzene rings is 3. The average Bonchev–Trinajstić information content (AvgIpc) is 3.25. The van der Waals surface area contributed by atoms with Crippen molar-refractivity contribution in [3.8, 4) is 11.5 Å². The van der Waals surface area contributed by atoms with Gasteiger partial charge in [0.15, 0.2) is 11.5 Å². The number of carbonyl (C=O) groups is 1. The number of hydrogen-bond donors (Lipinski definition) is 1. The van der Waals surface area contributed by atoms with Crippen molar-refractivity contribution in [1.82, 2.24) is 4.31 Å². The monoisotopic (exact) mass is 485 g/mol. The summed E-state index contributed by atoms with van der Waals surface area (Å²) in [6, 6.07) is 18.1. The second-order valence-corrected chi connectivity index (χ2v) is 9.45. The third-order valence-electron chi connectivity index (χ3n) is 5.28. The first-order valence-electron chi connectivity index (χ1n) is 9.77. The second kappa shape index (κ2) is 8.02. The van der Waals surface area contributed by atoms with Gasteiger partial charge in [-0.15, -0.1) is 0 Å². The van der Waals surface area contributed by atoms with Crippen molar-refractivity contribution < 1.29 is 32.5 Å². The number of ether oxygens (including phenoxy) is 3. The van der Waals surface area contributed by atoms with Crippen LogP contribution in [0.3, 0.4) is 0 Å². The topological polar surface area (TPSA) is 102 Å². The molecule has 2 aliphatic heterocycles. The van der Waals surface area contributed by atoms with E-state index in [1.54, 1.807) is 60.7 Å². The number of fused-ring (bicyclic) bond motifs is 2. The molecule has 5 rings (SSSR count). The lowest BCUT2D eigenvalue weighted by atomic mass is 9.97. The molecule has 3 aromatic rings. The Morgan fingerprint density at radius 2 is 1.76 bits per heavy atom. The summed E-state index contributed by atoms with van der Waals surface area (Å²) in [6.45, 7) is -0.174. The van der Waals surface area contributed by atoms with Crippen molar-refractivity contribution in [2.75, 3.05) is 6.79 Å². The molecule has 0 fully saturated rings. The fraction of sp³-hybridized carbons (Fsp3) is 0.0870. The van der Waals surface area contributed by atoms with Crippen molar-refractivity contribution in [3.05, 3.63) is 94.3 Å². The minimum Gasteiger partial charge on any atom is -0.454 e. The lowest BCUT2D eigenvalue weighted by molar-refractivity contribution is 0.101. The molecule has 168 valence electrons. The van der Waals surface area contributed by atoms with E-state index in [0.29, 0.717) is 33.2 Å². The van der Waals surface area contributed by atoms with Gasteiger partial charge in [-0.2, -0.15) is 0 Å². The summed E-state index contributed by atoms with van der Waals surface area (Å²) in [6.07, 6.45) is -1.65. The van der Waals surface area contributed by atoms with E-state index in [4.69, 9.17) is 25.8 Å². The molecule has 8 nitrogen and oxygen atoms in total. The highest BCUT2D eigenvalue weighted by molar-refractivity contribution is 7.89. The van der Waals surface area contributed by atoms with Gasteiger partial charge in [0.2, 0.25) is 12.7 Å². The van der Waals surface area contributed by atoms with Gasteiger partial charge in [0, 0.05) is 10.6 Å². The Bertz CT molecular complexity index is 1420. The maximum Gasteiger partial charge on any atom is 0.512 e. The van der Waals surface area contributed by atoms with E-state index in [0.717, 1.165) is 4.31 Å². The molecule has 0 spiro atoms. The van der Waals surface area contributed by atoms with Crippen LogP contribution in [0.25, 0.3) is 5.57 Å². The minimum atomic E-state index is -4.17. The Kier molecular flexibility index (Phi) is 5.15. The SMILES string of the molecule is O=C(O)OC1=C(c2ccc3c(c2)OCO3)c2ccccc2S(=O)(=O)N1Cc1ccccc1Cl. The van der Waals surface area contributed by atoms with Crippen LogP contribution in [-0.2, 0) is 21.3 Å². The molecule has 0 radical (unpaired) electrons. The molecule has 3 aromatic carbocycles. The van der Waals surface area contributed by atoms with Crippen molar-refractivity contribution in [1.29, 1.82) is 0 Å². The number of halogens is 1. The molecule has 2 heterocycles. The van der Waals surface area contributed by atoms with Crippen LogP contribution in [0.15, 0.2) is 77.5 Å². The number of nitrogens with zero attached hydrogens (tertiary/aromatic N) is 1. The van der Waals surface area contributed by atoms with Gasteiger partial charge < -0.3 is 19.3 Å². The first-order chi connectivity index (χ1) is 15.9. The van der Waals surface area contributed by atoms with E-state index < -0.39 is 16.2 Å². The van der Waals surface area contributed by atoms with Gasteiger partial charge in [-0.3, -0.25) is 0 Å². The first kappa shape index (κ1) is 21.2. The third kappa shape index (κ3) is 3.65. The van der Waals surface area contributed by atoms with Crippen LogP contribution in [-0.4, -0.2) is 30.8 Å². The van der Waals surface area contributed by atoms with Crippen LogP contribution in [0.2, 0.25) is 5.02 Å². The maximum absolute atomic E-state index is 13.6. The summed E-state index contributed by atoms with van der Waals surface area (Å²) in [5.41, 5.74) is 1.58. The molecule has 1 N–H and O–H groups in total. The predicted octanol–water partition coefficient (Wildman–Crippen LogP) is 4.68. The highest BCUT2D eigenvalue weighted by Crippen LogP contribution is 2.44. The van der Waals surface area contributed by atoms with Gasteiger partial charge in [0.1, 0.15) is 0 Å². The molecule has 0 bridgehead atoms. The summed E-state index contributed by atoms with van der Waals surface area (Å²) < 4.78 is 44.1. The van der Waals surface area contributed by atoms with Crippen LogP contribution >= 0.6 is 11.6 Å². The van der Waals surface area contributed by atoms with Gasteiger partial charge in [-0.05, 0) is 35.4 Å². The smallest absolute Gasteiger partial charge is 0.454 e. The quantitative estimate of drug-likeness (QED) is 0.535. The average molecular weight is 486 g/mol. The largest absolute Gasteiger partial charge is 0.512 e. The predicted molar refractivity (Wildman–Crippen MR) is 118 cm³/mol. The summed E-state index contributed by atoms with van der Waals surface area (Å²) in [5, 5.41) is 9.83. The van der Waals surface area contributed by atoms with Gasteiger partial charge in [0.25, 0.3) is 10.0 Å². The second-order valence-electron chi connectivity index (χ2n) is 7.22. The van der Waals surface area contributed by atoms with E-state index in [9.17, 15) is 18.3 Å². The fourth-order valence-corrected chi connectivity index (χ4v) is 5.61. The van der Waals surface area contributed by atoms with Crippen molar-refractivity contribution in [2.45, 2.75) is 11.4 Å². The Morgan fingerprint density at radius 1 is 1.03 bits per heavy atom. The van der Waals surface area contributed by atoms with E-state index in [1.165, 1.54) is 6.07 Å².